The molecule has 0 aromatic heterocycles. The number of nitrogens with zero attached hydrogens (tertiary/aromatic N) is 1. The van der Waals surface area contributed by atoms with E-state index in [1.54, 1.807) is 7.11 Å². The minimum Gasteiger partial charge on any atom is -0.496 e. The second-order valence-corrected chi connectivity index (χ2v) is 5.23. The van der Waals surface area contributed by atoms with Crippen LogP contribution < -0.4 is 10.1 Å². The van der Waals surface area contributed by atoms with Crippen LogP contribution in [0, 0.1) is 0 Å². The van der Waals surface area contributed by atoms with Crippen LogP contribution in [0.5, 0.6) is 5.75 Å². The summed E-state index contributed by atoms with van der Waals surface area (Å²) in [5.74, 6) is 1.64. The minimum absolute atomic E-state index is 0.603. The van der Waals surface area contributed by atoms with Gasteiger partial charge in [0.25, 0.3) is 0 Å². The van der Waals surface area contributed by atoms with Gasteiger partial charge in [-0.05, 0) is 36.9 Å². The first-order valence-corrected chi connectivity index (χ1v) is 7.41. The normalized spacial score (nSPS) is 18.2. The van der Waals surface area contributed by atoms with Crippen molar-refractivity contribution in [3.05, 3.63) is 29.8 Å². The van der Waals surface area contributed by atoms with Crippen LogP contribution in [-0.2, 0) is 0 Å². The zero-order valence-electron chi connectivity index (χ0n) is 12.2. The third-order valence-electron chi connectivity index (χ3n) is 4.07. The van der Waals surface area contributed by atoms with Crippen LogP contribution in [0.15, 0.2) is 24.3 Å². The fraction of sp³-hybridized carbons (Fsp3) is 0.625. The predicted molar refractivity (Wildman–Crippen MR) is 80.0 cm³/mol. The Morgan fingerprint density at radius 1 is 1.26 bits per heavy atom. The van der Waals surface area contributed by atoms with E-state index in [4.69, 9.17) is 4.74 Å². The van der Waals surface area contributed by atoms with Gasteiger partial charge in [0.1, 0.15) is 5.75 Å². The van der Waals surface area contributed by atoms with Gasteiger partial charge >= 0.3 is 0 Å². The maximum absolute atomic E-state index is 5.50. The van der Waals surface area contributed by atoms with E-state index in [0.717, 1.165) is 18.8 Å². The van der Waals surface area contributed by atoms with Crippen molar-refractivity contribution in [3.8, 4) is 5.75 Å². The second-order valence-electron chi connectivity index (χ2n) is 5.23. The topological polar surface area (TPSA) is 24.5 Å². The van der Waals surface area contributed by atoms with E-state index < -0.39 is 0 Å². The number of nitrogens with one attached hydrogen (secondary N) is 1. The number of methoxy groups -OCH3 is 1. The average molecular weight is 262 g/mol. The first-order chi connectivity index (χ1) is 9.35. The van der Waals surface area contributed by atoms with Crippen molar-refractivity contribution in [3.63, 3.8) is 0 Å². The monoisotopic (exact) mass is 262 g/mol. The van der Waals surface area contributed by atoms with Crippen LogP contribution in [0.3, 0.4) is 0 Å². The minimum atomic E-state index is 0.603. The summed E-state index contributed by atoms with van der Waals surface area (Å²) in [6.07, 6.45) is 2.39. The molecule has 3 heteroatoms. The Morgan fingerprint density at radius 2 is 2.00 bits per heavy atom. The summed E-state index contributed by atoms with van der Waals surface area (Å²) in [4.78, 5) is 2.56. The molecular formula is C16H26N2O. The number of ether oxygens (including phenoxy) is 1. The predicted octanol–water partition coefficient (Wildman–Crippen LogP) is 2.48. The highest BCUT2D eigenvalue weighted by atomic mass is 16.5. The van der Waals surface area contributed by atoms with Crippen LogP contribution in [0.1, 0.15) is 31.2 Å². The molecule has 1 aliphatic rings. The number of rotatable bonds is 6. The van der Waals surface area contributed by atoms with E-state index in [2.05, 4.69) is 35.3 Å². The molecule has 1 N–H and O–H groups in total. The van der Waals surface area contributed by atoms with Gasteiger partial charge in [-0.15, -0.1) is 0 Å². The van der Waals surface area contributed by atoms with Gasteiger partial charge < -0.3 is 15.0 Å². The Kier molecular flexibility index (Phi) is 5.67. The molecule has 106 valence electrons. The molecule has 3 nitrogen and oxygen atoms in total. The Morgan fingerprint density at radius 3 is 2.68 bits per heavy atom. The van der Waals surface area contributed by atoms with E-state index in [-0.39, 0.29) is 0 Å². The number of hydrogen-bond acceptors (Lipinski definition) is 3. The standard InChI is InChI=1S/C16H26N2O/c1-3-14(8-11-18-12-9-17-10-13-18)15-6-4-5-7-16(15)19-2/h4-7,14,17H,3,8-13H2,1-2H3. The van der Waals surface area contributed by atoms with Crippen LogP contribution in [0.25, 0.3) is 0 Å². The summed E-state index contributed by atoms with van der Waals surface area (Å²) >= 11 is 0. The smallest absolute Gasteiger partial charge is 0.122 e. The van der Waals surface area contributed by atoms with E-state index >= 15 is 0 Å². The summed E-state index contributed by atoms with van der Waals surface area (Å²) in [6.45, 7) is 8.09. The maximum atomic E-state index is 5.50. The summed E-state index contributed by atoms with van der Waals surface area (Å²) < 4.78 is 5.50. The molecule has 1 unspecified atom stereocenters. The molecule has 1 saturated heterocycles. The van der Waals surface area contributed by atoms with Gasteiger partial charge in [0.15, 0.2) is 0 Å². The number of para-hydroxylation sites is 1. The lowest BCUT2D eigenvalue weighted by Crippen LogP contribution is -2.44. The van der Waals surface area contributed by atoms with Crippen molar-refractivity contribution in [2.24, 2.45) is 0 Å². The fourth-order valence-electron chi connectivity index (χ4n) is 2.86. The third kappa shape index (κ3) is 3.95. The van der Waals surface area contributed by atoms with Gasteiger partial charge in [-0.2, -0.15) is 0 Å². The molecule has 1 fully saturated rings. The van der Waals surface area contributed by atoms with Crippen LogP contribution in [0.2, 0.25) is 0 Å². The zero-order valence-corrected chi connectivity index (χ0v) is 12.2. The molecule has 1 heterocycles. The van der Waals surface area contributed by atoms with E-state index in [0.29, 0.717) is 5.92 Å². The zero-order chi connectivity index (χ0) is 13.5. The largest absolute Gasteiger partial charge is 0.496 e. The number of piperazine rings is 1. The first kappa shape index (κ1) is 14.4. The number of benzene rings is 1. The van der Waals surface area contributed by atoms with Crippen molar-refractivity contribution in [1.29, 1.82) is 0 Å². The average Bonchev–Trinajstić information content (AvgIpc) is 2.49. The second kappa shape index (κ2) is 7.51. The molecule has 1 aromatic carbocycles. The third-order valence-corrected chi connectivity index (χ3v) is 4.07. The molecule has 0 saturated carbocycles. The van der Waals surface area contributed by atoms with Gasteiger partial charge in [-0.1, -0.05) is 25.1 Å². The molecule has 0 spiro atoms. The van der Waals surface area contributed by atoms with Gasteiger partial charge in [0.05, 0.1) is 7.11 Å². The van der Waals surface area contributed by atoms with Gasteiger partial charge in [-0.25, -0.2) is 0 Å². The molecule has 1 aliphatic heterocycles. The van der Waals surface area contributed by atoms with E-state index in [1.807, 2.05) is 6.07 Å². The molecule has 0 aliphatic carbocycles. The lowest BCUT2D eigenvalue weighted by atomic mass is 9.92. The summed E-state index contributed by atoms with van der Waals surface area (Å²) in [5, 5.41) is 3.40. The summed E-state index contributed by atoms with van der Waals surface area (Å²) in [7, 11) is 1.77. The Bertz CT molecular complexity index is 375. The lowest BCUT2D eigenvalue weighted by Gasteiger charge is -2.29. The van der Waals surface area contributed by atoms with Crippen molar-refractivity contribution in [2.75, 3.05) is 39.8 Å². The van der Waals surface area contributed by atoms with E-state index in [1.165, 1.54) is 38.0 Å². The summed E-state index contributed by atoms with van der Waals surface area (Å²) in [6, 6.07) is 8.45. The fourth-order valence-corrected chi connectivity index (χ4v) is 2.86. The highest BCUT2D eigenvalue weighted by Crippen LogP contribution is 2.31. The number of hydrogen-bond donors (Lipinski definition) is 1. The van der Waals surface area contributed by atoms with Crippen molar-refractivity contribution < 1.29 is 4.74 Å². The highest BCUT2D eigenvalue weighted by molar-refractivity contribution is 5.36. The van der Waals surface area contributed by atoms with Crippen LogP contribution in [0.4, 0.5) is 0 Å². The summed E-state index contributed by atoms with van der Waals surface area (Å²) in [5.41, 5.74) is 1.36. The Labute approximate surface area is 116 Å². The Hall–Kier alpha value is -1.06. The quantitative estimate of drug-likeness (QED) is 0.852. The first-order valence-electron chi connectivity index (χ1n) is 7.41. The molecule has 2 rings (SSSR count). The lowest BCUT2D eigenvalue weighted by molar-refractivity contribution is 0.231. The molecule has 1 atom stereocenters. The highest BCUT2D eigenvalue weighted by Gasteiger charge is 2.16. The van der Waals surface area contributed by atoms with Crippen LogP contribution >= 0.6 is 0 Å². The molecule has 0 amide bonds. The SMILES string of the molecule is CCC(CCN1CCNCC1)c1ccccc1OC. The van der Waals surface area contributed by atoms with Gasteiger partial charge in [0.2, 0.25) is 0 Å². The molecule has 0 radical (unpaired) electrons. The van der Waals surface area contributed by atoms with Crippen LogP contribution in [-0.4, -0.2) is 44.7 Å². The molecule has 1 aromatic rings. The van der Waals surface area contributed by atoms with E-state index in [9.17, 15) is 0 Å². The van der Waals surface area contributed by atoms with Gasteiger partial charge in [-0.3, -0.25) is 0 Å². The van der Waals surface area contributed by atoms with Crippen molar-refractivity contribution in [2.45, 2.75) is 25.7 Å². The molecule has 0 bridgehead atoms. The Balaban J connectivity index is 1.95. The van der Waals surface area contributed by atoms with Crippen molar-refractivity contribution >= 4 is 0 Å². The van der Waals surface area contributed by atoms with Gasteiger partial charge in [0, 0.05) is 26.2 Å². The molecular weight excluding hydrogens is 236 g/mol. The maximum Gasteiger partial charge on any atom is 0.122 e. The van der Waals surface area contributed by atoms with Crippen molar-refractivity contribution in [1.82, 2.24) is 10.2 Å². The molecule has 19 heavy (non-hydrogen) atoms.